The Bertz CT molecular complexity index is 2670. The maximum atomic E-state index is 13.1. The second-order valence-electron chi connectivity index (χ2n) is 20.1. The number of likely N-dealkylation sites (tertiary alicyclic amines) is 4. The van der Waals surface area contributed by atoms with E-state index >= 15 is 0 Å². The summed E-state index contributed by atoms with van der Waals surface area (Å²) in [7, 11) is 0. The Labute approximate surface area is 426 Å². The Balaban J connectivity index is 0.000000159. The van der Waals surface area contributed by atoms with Gasteiger partial charge in [0, 0.05) is 73.2 Å². The fraction of sp³-hybridized carbons (Fsp3) is 0.475. The van der Waals surface area contributed by atoms with E-state index in [2.05, 4.69) is 41.0 Å². The Kier molecular flexibility index (Phi) is 19.3. The van der Waals surface area contributed by atoms with Gasteiger partial charge in [-0.15, -0.1) is 0 Å². The highest BCUT2D eigenvalue weighted by Crippen LogP contribution is 2.32. The van der Waals surface area contributed by atoms with Gasteiger partial charge in [-0.2, -0.15) is 5.26 Å². The van der Waals surface area contributed by atoms with E-state index < -0.39 is 5.97 Å². The van der Waals surface area contributed by atoms with Gasteiger partial charge in [0.1, 0.15) is 17.1 Å². The second-order valence-corrected chi connectivity index (χ2v) is 20.1. The third kappa shape index (κ3) is 14.8. The Morgan fingerprint density at radius 3 is 1.64 bits per heavy atom. The number of benzene rings is 4. The number of amides is 1. The van der Waals surface area contributed by atoms with Crippen LogP contribution in [0.4, 0.5) is 0 Å². The average molecular weight is 976 g/mol. The summed E-state index contributed by atoms with van der Waals surface area (Å²) in [5.74, 6) is -0.168. The fourth-order valence-corrected chi connectivity index (χ4v) is 10.7. The maximum Gasteiger partial charge on any atom is 0.352 e. The SMILES string of the molecule is CCOc1ccc(-c2cccc3[nH]c(C(=O)O)cc23)cc1.N#Cc1cccc(-c2cccc3[nH]c(C(=O)NC4CCN(CCN5CCCCCC5)CC4)cc23)c1.NC1CCN(CCN2CCCCCC2)CC1. The standard InChI is InChI=1S/C29H35N5O.C17H15NO3.C13H27N3/c30-21-22-7-5-8-23(19-22)25-9-6-10-27-26(25)20-28(32-27)29(35)31-24-11-15-34(16-12-24)18-17-33-13-3-1-2-4-14-33;1-2-21-12-8-6-11(7-9-12)13-4-3-5-15-14(13)10-16(18-15)17(19)20;14-13-5-9-16(10-6-13)12-11-15-7-3-1-2-4-8-15/h5-10,19-20,24,32H,1-4,11-18H2,(H,31,35);3-10,18H,2H2,1H3,(H,19,20);13H,1-12,14H2. The molecule has 4 saturated heterocycles. The van der Waals surface area contributed by atoms with Crippen LogP contribution in [0, 0.1) is 11.3 Å². The third-order valence-corrected chi connectivity index (χ3v) is 15.0. The number of nitrogens with zero attached hydrogens (tertiary/aromatic N) is 5. The number of nitriles is 1. The summed E-state index contributed by atoms with van der Waals surface area (Å²) in [5, 5.41) is 23.5. The normalized spacial score (nSPS) is 18.0. The van der Waals surface area contributed by atoms with E-state index in [0.29, 0.717) is 23.9 Å². The van der Waals surface area contributed by atoms with E-state index in [1.165, 1.54) is 123 Å². The maximum absolute atomic E-state index is 13.1. The number of ether oxygens (including phenoxy) is 1. The monoisotopic (exact) mass is 976 g/mol. The first kappa shape index (κ1) is 52.3. The number of piperidine rings is 2. The second kappa shape index (κ2) is 26.6. The molecule has 13 heteroatoms. The number of carbonyl (C=O) groups is 2. The number of fused-ring (bicyclic) bond motifs is 2. The van der Waals surface area contributed by atoms with Gasteiger partial charge >= 0.3 is 5.97 Å². The van der Waals surface area contributed by atoms with Crippen LogP contribution in [-0.2, 0) is 0 Å². The topological polar surface area (TPSA) is 170 Å². The molecule has 13 nitrogen and oxygen atoms in total. The number of carboxylic acids is 1. The average Bonchev–Trinajstić information content (AvgIpc) is 3.86. The largest absolute Gasteiger partial charge is 0.494 e. The molecule has 4 aromatic carbocycles. The lowest BCUT2D eigenvalue weighted by Gasteiger charge is -2.33. The van der Waals surface area contributed by atoms with Crippen LogP contribution in [0.15, 0.2) is 97.1 Å². The molecule has 0 spiro atoms. The highest BCUT2D eigenvalue weighted by Gasteiger charge is 2.23. The van der Waals surface area contributed by atoms with Gasteiger partial charge in [-0.25, -0.2) is 4.79 Å². The van der Waals surface area contributed by atoms with Gasteiger partial charge in [0.15, 0.2) is 0 Å². The molecule has 4 aliphatic heterocycles. The molecule has 2 aromatic heterocycles. The van der Waals surface area contributed by atoms with E-state index in [9.17, 15) is 14.9 Å². The van der Waals surface area contributed by atoms with Crippen LogP contribution < -0.4 is 15.8 Å². The number of nitrogens with one attached hydrogen (secondary N) is 3. The molecule has 6 heterocycles. The smallest absolute Gasteiger partial charge is 0.352 e. The minimum absolute atomic E-state index is 0.0408. The van der Waals surface area contributed by atoms with Gasteiger partial charge in [0.25, 0.3) is 5.91 Å². The van der Waals surface area contributed by atoms with Gasteiger partial charge in [0.05, 0.1) is 18.2 Å². The first-order valence-corrected chi connectivity index (χ1v) is 26.9. The summed E-state index contributed by atoms with van der Waals surface area (Å²) in [6, 6.07) is 33.7. The summed E-state index contributed by atoms with van der Waals surface area (Å²) in [6.45, 7) is 17.1. The van der Waals surface area contributed by atoms with Crippen LogP contribution >= 0.6 is 0 Å². The quantitative estimate of drug-likeness (QED) is 0.0751. The molecule has 1 amide bonds. The molecule has 0 atom stereocenters. The number of H-pyrrole nitrogens is 2. The van der Waals surface area contributed by atoms with Crippen molar-refractivity contribution >= 4 is 33.7 Å². The Hall–Kier alpha value is -6.01. The predicted molar refractivity (Wildman–Crippen MR) is 291 cm³/mol. The zero-order valence-corrected chi connectivity index (χ0v) is 42.6. The molecule has 72 heavy (non-hydrogen) atoms. The third-order valence-electron chi connectivity index (χ3n) is 15.0. The van der Waals surface area contributed by atoms with Crippen LogP contribution in [0.3, 0.4) is 0 Å². The van der Waals surface area contributed by atoms with Crippen molar-refractivity contribution in [3.05, 3.63) is 114 Å². The van der Waals surface area contributed by atoms with Crippen molar-refractivity contribution in [3.63, 3.8) is 0 Å². The van der Waals surface area contributed by atoms with E-state index in [4.69, 9.17) is 15.6 Å². The van der Waals surface area contributed by atoms with E-state index in [0.717, 1.165) is 82.3 Å². The summed E-state index contributed by atoms with van der Waals surface area (Å²) in [6.07, 6.45) is 15.5. The van der Waals surface area contributed by atoms with Crippen molar-refractivity contribution in [1.82, 2.24) is 34.9 Å². The zero-order valence-electron chi connectivity index (χ0n) is 42.6. The minimum Gasteiger partial charge on any atom is -0.494 e. The number of nitrogens with two attached hydrogens (primary N) is 1. The summed E-state index contributed by atoms with van der Waals surface area (Å²) in [4.78, 5) is 40.8. The van der Waals surface area contributed by atoms with Crippen molar-refractivity contribution in [2.75, 3.05) is 85.1 Å². The van der Waals surface area contributed by atoms with Crippen LogP contribution in [-0.4, -0.2) is 144 Å². The van der Waals surface area contributed by atoms with E-state index in [-0.39, 0.29) is 17.6 Å². The summed E-state index contributed by atoms with van der Waals surface area (Å²) in [5.41, 5.74) is 13.1. The molecule has 0 aliphatic carbocycles. The molecule has 0 saturated carbocycles. The molecular weight excluding hydrogens is 899 g/mol. The highest BCUT2D eigenvalue weighted by molar-refractivity contribution is 6.03. The molecular formula is C59H77N9O4. The zero-order chi connectivity index (χ0) is 50.1. The molecule has 0 radical (unpaired) electrons. The van der Waals surface area contributed by atoms with Crippen LogP contribution in [0.25, 0.3) is 44.1 Å². The van der Waals surface area contributed by atoms with Crippen molar-refractivity contribution in [2.24, 2.45) is 5.73 Å². The van der Waals surface area contributed by atoms with Gasteiger partial charge in [0.2, 0.25) is 0 Å². The van der Waals surface area contributed by atoms with Gasteiger partial charge in [-0.3, -0.25) is 4.79 Å². The number of hydrogen-bond donors (Lipinski definition) is 5. The van der Waals surface area contributed by atoms with Gasteiger partial charge in [-0.1, -0.05) is 74.2 Å². The molecule has 4 aliphatic rings. The fourth-order valence-electron chi connectivity index (χ4n) is 10.7. The number of carboxylic acid groups (broad SMARTS) is 1. The molecule has 10 rings (SSSR count). The van der Waals surface area contributed by atoms with Crippen molar-refractivity contribution in [2.45, 2.75) is 96.1 Å². The highest BCUT2D eigenvalue weighted by atomic mass is 16.5. The lowest BCUT2D eigenvalue weighted by atomic mass is 10.00. The lowest BCUT2D eigenvalue weighted by molar-refractivity contribution is 0.0691. The van der Waals surface area contributed by atoms with Crippen molar-refractivity contribution in [3.8, 4) is 34.1 Å². The van der Waals surface area contributed by atoms with Crippen LogP contribution in [0.2, 0.25) is 0 Å². The number of aromatic carboxylic acids is 1. The summed E-state index contributed by atoms with van der Waals surface area (Å²) < 4.78 is 5.44. The van der Waals surface area contributed by atoms with Crippen LogP contribution in [0.1, 0.15) is 111 Å². The molecule has 0 unspecified atom stereocenters. The molecule has 382 valence electrons. The van der Waals surface area contributed by atoms with Gasteiger partial charge in [-0.05, 0) is 168 Å². The predicted octanol–water partition coefficient (Wildman–Crippen LogP) is 9.99. The molecule has 0 bridgehead atoms. The van der Waals surface area contributed by atoms with E-state index in [1.54, 1.807) is 12.1 Å². The number of aromatic amines is 2. The van der Waals surface area contributed by atoms with Crippen LogP contribution in [0.5, 0.6) is 5.75 Å². The minimum atomic E-state index is -0.955. The van der Waals surface area contributed by atoms with Crippen molar-refractivity contribution < 1.29 is 19.4 Å². The van der Waals surface area contributed by atoms with E-state index in [1.807, 2.05) is 91.9 Å². The lowest BCUT2D eigenvalue weighted by Crippen LogP contribution is -2.46. The Morgan fingerprint density at radius 2 is 1.11 bits per heavy atom. The summed E-state index contributed by atoms with van der Waals surface area (Å²) >= 11 is 0. The molecule has 4 fully saturated rings. The number of hydrogen-bond acceptors (Lipinski definition) is 9. The number of carbonyl (C=O) groups excluding carboxylic acids is 1. The number of rotatable bonds is 13. The first-order chi connectivity index (χ1) is 35.2. The Morgan fingerprint density at radius 1 is 0.625 bits per heavy atom. The van der Waals surface area contributed by atoms with Gasteiger partial charge < -0.3 is 50.5 Å². The number of aromatic nitrogens is 2. The first-order valence-electron chi connectivity index (χ1n) is 26.9. The van der Waals surface area contributed by atoms with Crippen molar-refractivity contribution in [1.29, 1.82) is 5.26 Å². The molecule has 6 N–H and O–H groups in total. The molecule has 6 aromatic rings.